The van der Waals surface area contributed by atoms with Crippen LogP contribution in [0.2, 0.25) is 0 Å². The summed E-state index contributed by atoms with van der Waals surface area (Å²) in [6.07, 6.45) is 3.72. The van der Waals surface area contributed by atoms with Crippen LogP contribution in [0.4, 0.5) is 0 Å². The lowest BCUT2D eigenvalue weighted by atomic mass is 10.0. The average Bonchev–Trinajstić information content (AvgIpc) is 2.93. The number of imidazole rings is 1. The van der Waals surface area contributed by atoms with Crippen LogP contribution < -0.4 is 5.69 Å². The minimum atomic E-state index is -0.346. The molecule has 21 heavy (non-hydrogen) atoms. The Morgan fingerprint density at radius 2 is 2.29 bits per heavy atom. The number of hydrogen-bond acceptors (Lipinski definition) is 4. The predicted molar refractivity (Wildman–Crippen MR) is 77.3 cm³/mol. The highest BCUT2D eigenvalue weighted by Crippen LogP contribution is 2.22. The van der Waals surface area contributed by atoms with E-state index in [2.05, 4.69) is 21.8 Å². The number of carbonyl (C=O) groups excluding carboxylic acids is 1. The van der Waals surface area contributed by atoms with Crippen molar-refractivity contribution in [3.8, 4) is 0 Å². The number of ether oxygens (including phenoxy) is 1. The molecule has 0 spiro atoms. The molecule has 3 heterocycles. The molecular weight excluding hydrogens is 272 g/mol. The van der Waals surface area contributed by atoms with Gasteiger partial charge in [-0.2, -0.15) is 0 Å². The molecule has 0 bridgehead atoms. The van der Waals surface area contributed by atoms with E-state index in [1.807, 2.05) is 0 Å². The van der Waals surface area contributed by atoms with Gasteiger partial charge in [-0.05, 0) is 6.42 Å². The number of piperazine rings is 1. The second-order valence-electron chi connectivity index (χ2n) is 5.78. The van der Waals surface area contributed by atoms with E-state index in [4.69, 9.17) is 4.74 Å². The number of aromatic amines is 2. The van der Waals surface area contributed by atoms with E-state index in [-0.39, 0.29) is 17.6 Å². The number of carbonyl (C=O) groups is 1. The van der Waals surface area contributed by atoms with Gasteiger partial charge < -0.3 is 19.6 Å². The van der Waals surface area contributed by atoms with E-state index in [9.17, 15) is 9.59 Å². The fourth-order valence-corrected chi connectivity index (χ4v) is 3.32. The number of hydrogen-bond donors (Lipinski definition) is 2. The first-order chi connectivity index (χ1) is 10.2. The van der Waals surface area contributed by atoms with Crippen LogP contribution in [0.3, 0.4) is 0 Å². The Kier molecular flexibility index (Phi) is 4.12. The summed E-state index contributed by atoms with van der Waals surface area (Å²) in [6, 6.07) is 0.733. The maximum Gasteiger partial charge on any atom is 0.323 e. The first kappa shape index (κ1) is 14.3. The zero-order valence-electron chi connectivity index (χ0n) is 12.3. The summed E-state index contributed by atoms with van der Waals surface area (Å²) >= 11 is 0. The quantitative estimate of drug-likeness (QED) is 0.824. The molecule has 2 fully saturated rings. The monoisotopic (exact) mass is 294 g/mol. The third-order valence-corrected chi connectivity index (χ3v) is 4.35. The van der Waals surface area contributed by atoms with Crippen LogP contribution in [-0.4, -0.2) is 70.6 Å². The van der Waals surface area contributed by atoms with Crippen LogP contribution in [0, 0.1) is 0 Å². The van der Waals surface area contributed by atoms with Crippen molar-refractivity contribution >= 4 is 5.91 Å². The van der Waals surface area contributed by atoms with E-state index in [0.29, 0.717) is 31.4 Å². The third-order valence-electron chi connectivity index (χ3n) is 4.35. The number of H-pyrrole nitrogens is 2. The second kappa shape index (κ2) is 6.03. The number of aromatic nitrogens is 2. The summed E-state index contributed by atoms with van der Waals surface area (Å²) in [5, 5.41) is 0. The number of nitrogens with one attached hydrogen (secondary N) is 2. The Bertz CT molecular complexity index is 550. The lowest BCUT2D eigenvalue weighted by molar-refractivity contribution is -0.0776. The van der Waals surface area contributed by atoms with Crippen LogP contribution in [-0.2, 0) is 4.74 Å². The molecule has 3 rings (SSSR count). The fourth-order valence-electron chi connectivity index (χ4n) is 3.32. The maximum absolute atomic E-state index is 12.4. The molecular formula is C14H22N4O3. The first-order valence-corrected chi connectivity index (χ1v) is 7.59. The molecule has 0 unspecified atom stereocenters. The number of rotatable bonds is 3. The third kappa shape index (κ3) is 2.89. The SMILES string of the molecule is CCC[C@H]1COC[C@H]2CN(C(=O)c3c[nH]c(=O)[nH]3)CCN12. The van der Waals surface area contributed by atoms with Crippen LogP contribution in [0.25, 0.3) is 0 Å². The lowest BCUT2D eigenvalue weighted by Crippen LogP contribution is -2.62. The highest BCUT2D eigenvalue weighted by atomic mass is 16.5. The van der Waals surface area contributed by atoms with E-state index in [1.165, 1.54) is 6.20 Å². The largest absolute Gasteiger partial charge is 0.378 e. The molecule has 2 atom stereocenters. The fraction of sp³-hybridized carbons (Fsp3) is 0.714. The predicted octanol–water partition coefficient (Wildman–Crippen LogP) is 0.0283. The van der Waals surface area contributed by atoms with Crippen LogP contribution in [0.1, 0.15) is 30.3 Å². The molecule has 2 aliphatic rings. The Morgan fingerprint density at radius 3 is 3.00 bits per heavy atom. The second-order valence-corrected chi connectivity index (χ2v) is 5.78. The maximum atomic E-state index is 12.4. The Labute approximate surface area is 123 Å². The summed E-state index contributed by atoms with van der Waals surface area (Å²) in [4.78, 5) is 32.8. The van der Waals surface area contributed by atoms with E-state index < -0.39 is 0 Å². The van der Waals surface area contributed by atoms with Gasteiger partial charge >= 0.3 is 5.69 Å². The topological polar surface area (TPSA) is 81.4 Å². The highest BCUT2D eigenvalue weighted by molar-refractivity contribution is 5.92. The van der Waals surface area contributed by atoms with Gasteiger partial charge in [0.1, 0.15) is 5.69 Å². The molecule has 7 heteroatoms. The van der Waals surface area contributed by atoms with E-state index >= 15 is 0 Å². The molecule has 1 aromatic heterocycles. The minimum Gasteiger partial charge on any atom is -0.378 e. The molecule has 2 aliphatic heterocycles. The van der Waals surface area contributed by atoms with Crippen LogP contribution in [0.5, 0.6) is 0 Å². The van der Waals surface area contributed by atoms with Gasteiger partial charge in [0.05, 0.1) is 19.3 Å². The van der Waals surface area contributed by atoms with E-state index in [1.54, 1.807) is 4.90 Å². The molecule has 1 amide bonds. The smallest absolute Gasteiger partial charge is 0.323 e. The Balaban J connectivity index is 1.67. The molecule has 116 valence electrons. The standard InChI is InChI=1S/C14H22N4O3/c1-2-3-10-8-21-9-11-7-17(4-5-18(10)11)13(19)12-6-15-14(20)16-12/h6,10-11H,2-5,7-9H2,1H3,(H2,15,16,20)/t10-,11+/m0/s1. The van der Waals surface area contributed by atoms with Crippen LogP contribution in [0.15, 0.2) is 11.0 Å². The summed E-state index contributed by atoms with van der Waals surface area (Å²) in [6.45, 7) is 5.89. The molecule has 1 aromatic rings. The summed E-state index contributed by atoms with van der Waals surface area (Å²) < 4.78 is 5.70. The van der Waals surface area contributed by atoms with Crippen molar-refractivity contribution in [3.63, 3.8) is 0 Å². The van der Waals surface area contributed by atoms with Crippen molar-refractivity contribution in [2.24, 2.45) is 0 Å². The lowest BCUT2D eigenvalue weighted by Gasteiger charge is -2.47. The van der Waals surface area contributed by atoms with Crippen LogP contribution >= 0.6 is 0 Å². The van der Waals surface area contributed by atoms with E-state index in [0.717, 1.165) is 26.0 Å². The van der Waals surface area contributed by atoms with Gasteiger partial charge in [0.15, 0.2) is 0 Å². The number of nitrogens with zero attached hydrogens (tertiary/aromatic N) is 2. The zero-order chi connectivity index (χ0) is 14.8. The average molecular weight is 294 g/mol. The van der Waals surface area contributed by atoms with Gasteiger partial charge in [-0.15, -0.1) is 0 Å². The molecule has 0 radical (unpaired) electrons. The zero-order valence-corrected chi connectivity index (χ0v) is 12.3. The van der Waals surface area contributed by atoms with Crippen molar-refractivity contribution in [2.75, 3.05) is 32.8 Å². The van der Waals surface area contributed by atoms with Gasteiger partial charge in [0.25, 0.3) is 5.91 Å². The van der Waals surface area contributed by atoms with Gasteiger partial charge in [-0.25, -0.2) is 4.79 Å². The minimum absolute atomic E-state index is 0.120. The Hall–Kier alpha value is -1.60. The number of fused-ring (bicyclic) bond motifs is 1. The van der Waals surface area contributed by atoms with Crippen molar-refractivity contribution in [1.29, 1.82) is 0 Å². The van der Waals surface area contributed by atoms with Gasteiger partial charge in [-0.1, -0.05) is 13.3 Å². The number of morpholine rings is 1. The first-order valence-electron chi connectivity index (χ1n) is 7.59. The molecule has 7 nitrogen and oxygen atoms in total. The van der Waals surface area contributed by atoms with Crippen molar-refractivity contribution in [3.05, 3.63) is 22.4 Å². The van der Waals surface area contributed by atoms with Crippen molar-refractivity contribution in [2.45, 2.75) is 31.8 Å². The normalized spacial score (nSPS) is 26.6. The van der Waals surface area contributed by atoms with Crippen molar-refractivity contribution < 1.29 is 9.53 Å². The summed E-state index contributed by atoms with van der Waals surface area (Å²) in [5.74, 6) is -0.120. The van der Waals surface area contributed by atoms with Crippen molar-refractivity contribution in [1.82, 2.24) is 19.8 Å². The highest BCUT2D eigenvalue weighted by Gasteiger charge is 2.36. The van der Waals surface area contributed by atoms with Gasteiger partial charge in [-0.3, -0.25) is 9.69 Å². The summed E-state index contributed by atoms with van der Waals surface area (Å²) in [7, 11) is 0. The molecule has 0 saturated carbocycles. The Morgan fingerprint density at radius 1 is 1.43 bits per heavy atom. The van der Waals surface area contributed by atoms with Gasteiger partial charge in [0, 0.05) is 31.9 Å². The molecule has 2 N–H and O–H groups in total. The number of amides is 1. The van der Waals surface area contributed by atoms with Gasteiger partial charge in [0.2, 0.25) is 0 Å². The molecule has 2 saturated heterocycles. The summed E-state index contributed by atoms with van der Waals surface area (Å²) in [5.41, 5.74) is -0.0173. The molecule has 0 aromatic carbocycles. The molecule has 0 aliphatic carbocycles.